The number of esters is 1. The lowest BCUT2D eigenvalue weighted by atomic mass is 10.1. The van der Waals surface area contributed by atoms with Crippen molar-refractivity contribution in [2.75, 3.05) is 12.8 Å². The summed E-state index contributed by atoms with van der Waals surface area (Å²) in [6.45, 7) is 2.79. The molecule has 0 aliphatic carbocycles. The molecular formula is C18H20BrClF4N3O7P. The van der Waals surface area contributed by atoms with E-state index < -0.39 is 60.6 Å². The summed E-state index contributed by atoms with van der Waals surface area (Å²) in [6, 6.07) is 1.86. The third-order valence-corrected chi connectivity index (χ3v) is 5.43. The molecule has 1 heterocycles. The molecule has 4 N–H and O–H groups in total. The number of hydrogen-bond acceptors (Lipinski definition) is 6. The summed E-state index contributed by atoms with van der Waals surface area (Å²) in [7, 11) is -3.01. The van der Waals surface area contributed by atoms with E-state index in [1.165, 1.54) is 0 Å². The van der Waals surface area contributed by atoms with Gasteiger partial charge < -0.3 is 19.6 Å². The predicted octanol–water partition coefficient (Wildman–Crippen LogP) is 4.02. The van der Waals surface area contributed by atoms with Gasteiger partial charge in [0.1, 0.15) is 11.5 Å². The molecule has 0 atom stereocenters. The molecule has 0 aliphatic rings. The Hall–Kier alpha value is -2.03. The summed E-state index contributed by atoms with van der Waals surface area (Å²) in [6.07, 6.45) is -5.74. The van der Waals surface area contributed by atoms with Gasteiger partial charge in [-0.2, -0.15) is 18.3 Å². The van der Waals surface area contributed by atoms with Crippen LogP contribution in [0, 0.1) is 5.82 Å². The molecule has 0 amide bonds. The molecule has 10 nitrogen and oxygen atoms in total. The summed E-state index contributed by atoms with van der Waals surface area (Å²) in [4.78, 5) is 38.2. The highest BCUT2D eigenvalue weighted by molar-refractivity contribution is 9.10. The van der Waals surface area contributed by atoms with Crippen molar-refractivity contribution >= 4 is 47.1 Å². The Bertz CT molecular complexity index is 1140. The number of rotatable bonds is 7. The number of alkyl halides is 3. The van der Waals surface area contributed by atoms with E-state index in [1.807, 2.05) is 0 Å². The lowest BCUT2D eigenvalue weighted by molar-refractivity contribution is -0.144. The second-order valence-electron chi connectivity index (χ2n) is 7.04. The highest BCUT2D eigenvalue weighted by atomic mass is 79.9. The van der Waals surface area contributed by atoms with Gasteiger partial charge in [-0.25, -0.2) is 9.18 Å². The third kappa shape index (κ3) is 9.50. The van der Waals surface area contributed by atoms with Gasteiger partial charge in [0.25, 0.3) is 0 Å². The zero-order valence-electron chi connectivity index (χ0n) is 18.2. The van der Waals surface area contributed by atoms with E-state index in [-0.39, 0.29) is 21.8 Å². The van der Waals surface area contributed by atoms with Crippen LogP contribution < -0.4 is 5.32 Å². The number of aliphatic carboxylic acids is 1. The van der Waals surface area contributed by atoms with Crippen molar-refractivity contribution in [3.63, 3.8) is 0 Å². The number of nitrogens with one attached hydrogen (secondary N) is 1. The fourth-order valence-corrected chi connectivity index (χ4v) is 3.86. The zero-order chi connectivity index (χ0) is 27.3. The maximum Gasteiger partial charge on any atom is 0.434 e. The van der Waals surface area contributed by atoms with Gasteiger partial charge in [-0.15, -0.1) is 0 Å². The van der Waals surface area contributed by atoms with Gasteiger partial charge in [0.2, 0.25) is 0 Å². The van der Waals surface area contributed by atoms with Gasteiger partial charge in [0.05, 0.1) is 34.0 Å². The molecule has 1 aromatic carbocycles. The van der Waals surface area contributed by atoms with Crippen molar-refractivity contribution in [1.29, 1.82) is 0 Å². The van der Waals surface area contributed by atoms with Gasteiger partial charge in [-0.05, 0) is 41.9 Å². The molecule has 0 spiro atoms. The monoisotopic (exact) mass is 611 g/mol. The largest absolute Gasteiger partial charge is 0.480 e. The minimum atomic E-state index is -4.69. The molecular weight excluding hydrogens is 593 g/mol. The second-order valence-corrected chi connectivity index (χ2v) is 9.89. The number of carbonyl (C=O) groups is 2. The first-order valence-electron chi connectivity index (χ1n) is 9.32. The number of carboxylic acids is 1. The van der Waals surface area contributed by atoms with Crippen LogP contribution in [0.25, 0.3) is 11.3 Å². The molecule has 0 unspecified atom stereocenters. The summed E-state index contributed by atoms with van der Waals surface area (Å²) in [5.41, 5.74) is -1.86. The number of aromatic nitrogens is 2. The zero-order valence-corrected chi connectivity index (χ0v) is 21.5. The van der Waals surface area contributed by atoms with Crippen LogP contribution in [0.2, 0.25) is 5.02 Å². The first-order chi connectivity index (χ1) is 15.8. The molecule has 1 aromatic heterocycles. The fraction of sp³-hybridized carbons (Fsp3) is 0.389. The molecule has 17 heteroatoms. The average molecular weight is 613 g/mol. The Labute approximate surface area is 209 Å². The normalized spacial score (nSPS) is 11.8. The van der Waals surface area contributed by atoms with Crippen LogP contribution in [0.4, 0.5) is 17.6 Å². The van der Waals surface area contributed by atoms with Gasteiger partial charge in [-0.1, -0.05) is 11.6 Å². The maximum atomic E-state index is 14.3. The molecule has 2 rings (SSSR count). The number of ether oxygens (including phenoxy) is 1. The summed E-state index contributed by atoms with van der Waals surface area (Å²) in [5, 5.41) is 13.6. The molecule has 0 saturated carbocycles. The van der Waals surface area contributed by atoms with Gasteiger partial charge in [0, 0.05) is 12.6 Å². The third-order valence-electron chi connectivity index (χ3n) is 3.73. The number of carboxylic acid groups (broad SMARTS) is 1. The van der Waals surface area contributed by atoms with Crippen LogP contribution >= 0.6 is 35.1 Å². The Morgan fingerprint density at radius 1 is 1.31 bits per heavy atom. The Kier molecular flexibility index (Phi) is 10.9. The molecule has 2 aromatic rings. The summed E-state index contributed by atoms with van der Waals surface area (Å²) in [5.74, 6) is -2.88. The molecule has 0 bridgehead atoms. The van der Waals surface area contributed by atoms with E-state index in [2.05, 4.69) is 26.3 Å². The number of hydrogen-bond donors (Lipinski definition) is 4. The van der Waals surface area contributed by atoms with Crippen molar-refractivity contribution < 1.29 is 51.3 Å². The predicted molar refractivity (Wildman–Crippen MR) is 119 cm³/mol. The van der Waals surface area contributed by atoms with Crippen LogP contribution in [0.15, 0.2) is 16.6 Å². The minimum Gasteiger partial charge on any atom is -0.480 e. The highest BCUT2D eigenvalue weighted by Gasteiger charge is 2.39. The standard InChI is InChI=1S/C15H12BrClF4N2O2.C3H8NO5P/c1-6(2)25-14(24)7-4-8(10(18)5-9(7)17)12-11(16)13(15(19,20)21)23(3)22-12;5-3(6)1-4-2-10(7,8)9/h4-6H,1-3H3;4H,1-2H2,(H,5,6)(H2,7,8,9). The van der Waals surface area contributed by atoms with E-state index in [1.54, 1.807) is 13.8 Å². The number of aryl methyl sites for hydroxylation is 1. The Balaban J connectivity index is 0.000000518. The first-order valence-corrected chi connectivity index (χ1v) is 12.3. The lowest BCUT2D eigenvalue weighted by Crippen LogP contribution is -2.23. The Morgan fingerprint density at radius 2 is 1.89 bits per heavy atom. The van der Waals surface area contributed by atoms with E-state index in [9.17, 15) is 31.7 Å². The van der Waals surface area contributed by atoms with Gasteiger partial charge >= 0.3 is 25.7 Å². The lowest BCUT2D eigenvalue weighted by Gasteiger charge is -2.11. The SMILES string of the molecule is CC(C)OC(=O)c1cc(-c2nn(C)c(C(F)(F)F)c2Br)c(F)cc1Cl.O=C(O)CNCP(=O)(O)O. The van der Waals surface area contributed by atoms with Crippen LogP contribution in [0.5, 0.6) is 0 Å². The molecule has 196 valence electrons. The summed E-state index contributed by atoms with van der Waals surface area (Å²) < 4.78 is 68.7. The molecule has 0 radical (unpaired) electrons. The average Bonchev–Trinajstić information content (AvgIpc) is 2.94. The maximum absolute atomic E-state index is 14.3. The summed E-state index contributed by atoms with van der Waals surface area (Å²) >= 11 is 8.67. The fourth-order valence-electron chi connectivity index (χ4n) is 2.45. The van der Waals surface area contributed by atoms with E-state index in [0.717, 1.165) is 19.2 Å². The molecule has 0 saturated heterocycles. The second kappa shape index (κ2) is 12.3. The molecule has 0 aliphatic heterocycles. The van der Waals surface area contributed by atoms with Crippen molar-refractivity contribution in [2.45, 2.75) is 26.1 Å². The molecule has 35 heavy (non-hydrogen) atoms. The van der Waals surface area contributed by atoms with Crippen LogP contribution in [-0.2, 0) is 27.3 Å². The highest BCUT2D eigenvalue weighted by Crippen LogP contribution is 2.41. The van der Waals surface area contributed by atoms with Crippen molar-refractivity contribution in [2.24, 2.45) is 7.05 Å². The topological polar surface area (TPSA) is 151 Å². The number of benzene rings is 1. The van der Waals surface area contributed by atoms with E-state index >= 15 is 0 Å². The Morgan fingerprint density at radius 3 is 2.31 bits per heavy atom. The van der Waals surface area contributed by atoms with Crippen molar-refractivity contribution in [3.8, 4) is 11.3 Å². The van der Waals surface area contributed by atoms with Crippen LogP contribution in [0.3, 0.4) is 0 Å². The number of carbonyl (C=O) groups excluding carboxylic acids is 1. The number of halogens is 6. The molecule has 0 fully saturated rings. The van der Waals surface area contributed by atoms with Crippen molar-refractivity contribution in [1.82, 2.24) is 15.1 Å². The first kappa shape index (κ1) is 31.0. The number of nitrogens with zero attached hydrogens (tertiary/aromatic N) is 2. The van der Waals surface area contributed by atoms with Crippen LogP contribution in [-0.4, -0.2) is 55.5 Å². The van der Waals surface area contributed by atoms with Crippen LogP contribution in [0.1, 0.15) is 29.9 Å². The minimum absolute atomic E-state index is 0.169. The van der Waals surface area contributed by atoms with Crippen molar-refractivity contribution in [3.05, 3.63) is 38.7 Å². The van der Waals surface area contributed by atoms with Gasteiger partial charge in [-0.3, -0.25) is 19.4 Å². The van der Waals surface area contributed by atoms with Gasteiger partial charge in [0.15, 0.2) is 5.69 Å². The van der Waals surface area contributed by atoms with E-state index in [4.69, 9.17) is 31.2 Å². The smallest absolute Gasteiger partial charge is 0.434 e. The van der Waals surface area contributed by atoms with E-state index in [0.29, 0.717) is 4.68 Å². The quantitative estimate of drug-likeness (QED) is 0.206.